The van der Waals surface area contributed by atoms with Crippen LogP contribution in [0.3, 0.4) is 0 Å². The van der Waals surface area contributed by atoms with E-state index in [9.17, 15) is 14.7 Å². The van der Waals surface area contributed by atoms with Crippen LogP contribution in [0.2, 0.25) is 0 Å². The normalized spacial score (nSPS) is 16.2. The second kappa shape index (κ2) is 9.06. The van der Waals surface area contributed by atoms with Gasteiger partial charge < -0.3 is 9.84 Å². The summed E-state index contributed by atoms with van der Waals surface area (Å²) in [6, 6.07) is 15.3. The molecule has 154 valence electrons. The molecule has 1 unspecified atom stereocenters. The second-order valence-corrected chi connectivity index (χ2v) is 7.92. The van der Waals surface area contributed by atoms with Crippen molar-refractivity contribution >= 4 is 29.1 Å². The van der Waals surface area contributed by atoms with Gasteiger partial charge in [-0.15, -0.1) is 11.8 Å². The average molecular weight is 423 g/mol. The summed E-state index contributed by atoms with van der Waals surface area (Å²) < 4.78 is 5.56. The maximum atomic E-state index is 13.1. The van der Waals surface area contributed by atoms with E-state index in [0.29, 0.717) is 17.0 Å². The van der Waals surface area contributed by atoms with Crippen LogP contribution in [0.1, 0.15) is 25.5 Å². The molecule has 0 fully saturated rings. The van der Waals surface area contributed by atoms with E-state index in [1.54, 1.807) is 62.0 Å². The summed E-state index contributed by atoms with van der Waals surface area (Å²) in [6.45, 7) is 3.26. The lowest BCUT2D eigenvalue weighted by molar-refractivity contribution is -0.119. The number of carbonyl (C=O) groups is 2. The first-order valence-corrected chi connectivity index (χ1v) is 10.7. The predicted molar refractivity (Wildman–Crippen MR) is 115 cm³/mol. The molecule has 1 aliphatic heterocycles. The summed E-state index contributed by atoms with van der Waals surface area (Å²) >= 11 is 1.57. The number of Topliss-reactive ketones (excluding diaryl/α,β-unsaturated/α-hetero) is 1. The molecule has 0 spiro atoms. The molecular weight excluding hydrogens is 400 g/mol. The summed E-state index contributed by atoms with van der Waals surface area (Å²) in [6.07, 6.45) is 1.95. The molecular formula is C23H22N2O4S. The van der Waals surface area contributed by atoms with Crippen molar-refractivity contribution in [1.82, 2.24) is 0 Å². The van der Waals surface area contributed by atoms with Gasteiger partial charge in [0.25, 0.3) is 5.91 Å². The molecule has 1 N–H and O–H groups in total. The molecule has 30 heavy (non-hydrogen) atoms. The number of nitriles is 1. The molecule has 0 saturated carbocycles. The van der Waals surface area contributed by atoms with Crippen molar-refractivity contribution in [2.24, 2.45) is 5.92 Å². The van der Waals surface area contributed by atoms with Gasteiger partial charge in [-0.1, -0.05) is 32.0 Å². The molecule has 0 aliphatic carbocycles. The Labute approximate surface area is 179 Å². The van der Waals surface area contributed by atoms with Crippen LogP contribution in [0.5, 0.6) is 5.75 Å². The highest BCUT2D eigenvalue weighted by Crippen LogP contribution is 2.44. The van der Waals surface area contributed by atoms with E-state index in [1.807, 2.05) is 24.5 Å². The van der Waals surface area contributed by atoms with Gasteiger partial charge in [-0.25, -0.2) is 0 Å². The van der Waals surface area contributed by atoms with Crippen molar-refractivity contribution in [2.45, 2.75) is 24.8 Å². The first-order chi connectivity index (χ1) is 14.4. The maximum Gasteiger partial charge on any atom is 0.294 e. The maximum absolute atomic E-state index is 13.1. The van der Waals surface area contributed by atoms with Crippen molar-refractivity contribution < 1.29 is 19.4 Å². The van der Waals surface area contributed by atoms with Crippen LogP contribution in [-0.2, 0) is 9.59 Å². The number of anilines is 1. The number of thioether (sulfide) groups is 1. The van der Waals surface area contributed by atoms with Gasteiger partial charge in [0, 0.05) is 22.1 Å². The number of aliphatic hydroxyl groups is 1. The second-order valence-electron chi connectivity index (χ2n) is 7.04. The highest BCUT2D eigenvalue weighted by molar-refractivity contribution is 7.98. The topological polar surface area (TPSA) is 90.6 Å². The Morgan fingerprint density at radius 2 is 1.90 bits per heavy atom. The van der Waals surface area contributed by atoms with Crippen molar-refractivity contribution in [2.75, 3.05) is 17.8 Å². The number of aliphatic hydroxyl groups excluding tert-OH is 1. The molecule has 0 aromatic heterocycles. The molecule has 0 radical (unpaired) electrons. The molecule has 2 aromatic carbocycles. The Morgan fingerprint density at radius 3 is 2.50 bits per heavy atom. The predicted octanol–water partition coefficient (Wildman–Crippen LogP) is 4.44. The zero-order valence-corrected chi connectivity index (χ0v) is 17.8. The first kappa shape index (κ1) is 21.5. The summed E-state index contributed by atoms with van der Waals surface area (Å²) in [5, 5.41) is 19.6. The smallest absolute Gasteiger partial charge is 0.294 e. The summed E-state index contributed by atoms with van der Waals surface area (Å²) in [4.78, 5) is 28.5. The van der Waals surface area contributed by atoms with Crippen molar-refractivity contribution in [3.8, 4) is 11.8 Å². The molecule has 1 aliphatic rings. The summed E-state index contributed by atoms with van der Waals surface area (Å²) in [5.41, 5.74) is 1.12. The number of para-hydroxylation sites is 1. The lowest BCUT2D eigenvalue weighted by atomic mass is 9.90. The number of nitrogens with zero attached hydrogens (tertiary/aromatic N) is 2. The number of carbonyl (C=O) groups excluding carboxylic acids is 2. The molecule has 0 bridgehead atoms. The lowest BCUT2D eigenvalue weighted by Gasteiger charge is -2.28. The minimum Gasteiger partial charge on any atom is -0.503 e. The van der Waals surface area contributed by atoms with Crippen molar-refractivity contribution in [3.63, 3.8) is 0 Å². The average Bonchev–Trinajstić information content (AvgIpc) is 3.02. The van der Waals surface area contributed by atoms with Crippen LogP contribution in [-0.4, -0.2) is 29.7 Å². The number of amides is 1. The number of ketones is 1. The Balaban J connectivity index is 2.19. The lowest BCUT2D eigenvalue weighted by Crippen LogP contribution is -2.31. The molecule has 0 saturated heterocycles. The molecule has 1 heterocycles. The van der Waals surface area contributed by atoms with Gasteiger partial charge in [0.05, 0.1) is 11.6 Å². The van der Waals surface area contributed by atoms with Crippen LogP contribution < -0.4 is 9.64 Å². The minimum atomic E-state index is -0.859. The quantitative estimate of drug-likeness (QED) is 0.664. The minimum absolute atomic E-state index is 0.0388. The van der Waals surface area contributed by atoms with E-state index in [1.165, 1.54) is 4.90 Å². The zero-order chi connectivity index (χ0) is 21.8. The third-order valence-corrected chi connectivity index (χ3v) is 5.60. The van der Waals surface area contributed by atoms with Gasteiger partial charge >= 0.3 is 0 Å². The van der Waals surface area contributed by atoms with Gasteiger partial charge in [-0.2, -0.15) is 5.26 Å². The summed E-state index contributed by atoms with van der Waals surface area (Å²) in [7, 11) is 0. The highest BCUT2D eigenvalue weighted by Gasteiger charge is 2.45. The molecule has 1 amide bonds. The van der Waals surface area contributed by atoms with E-state index in [0.717, 1.165) is 4.90 Å². The van der Waals surface area contributed by atoms with Crippen LogP contribution in [0.4, 0.5) is 5.69 Å². The SMILES string of the molecule is CSc1ccc(N2C(=O)C(O)=C(C(=O)C(C)C)C2c2ccccc2OCC#N)cc1. The fourth-order valence-electron chi connectivity index (χ4n) is 3.42. The fraction of sp³-hybridized carbons (Fsp3) is 0.261. The van der Waals surface area contributed by atoms with E-state index in [2.05, 4.69) is 0 Å². The van der Waals surface area contributed by atoms with Crippen molar-refractivity contribution in [1.29, 1.82) is 5.26 Å². The van der Waals surface area contributed by atoms with Gasteiger partial charge in [0.2, 0.25) is 0 Å². The van der Waals surface area contributed by atoms with Crippen LogP contribution >= 0.6 is 11.8 Å². The Hall–Kier alpha value is -3.24. The molecule has 3 rings (SSSR count). The van der Waals surface area contributed by atoms with Crippen LogP contribution in [0.25, 0.3) is 0 Å². The summed E-state index contributed by atoms with van der Waals surface area (Å²) in [5.74, 6) is -1.54. The third kappa shape index (κ3) is 3.91. The number of benzene rings is 2. The Morgan fingerprint density at radius 1 is 1.23 bits per heavy atom. The highest BCUT2D eigenvalue weighted by atomic mass is 32.2. The first-order valence-electron chi connectivity index (χ1n) is 9.44. The van der Waals surface area contributed by atoms with Gasteiger partial charge in [0.15, 0.2) is 18.1 Å². The van der Waals surface area contributed by atoms with Gasteiger partial charge in [0.1, 0.15) is 11.8 Å². The Kier molecular flexibility index (Phi) is 6.48. The third-order valence-electron chi connectivity index (χ3n) is 4.85. The monoisotopic (exact) mass is 422 g/mol. The van der Waals surface area contributed by atoms with E-state index in [-0.39, 0.29) is 18.0 Å². The molecule has 7 heteroatoms. The zero-order valence-electron chi connectivity index (χ0n) is 17.0. The van der Waals surface area contributed by atoms with E-state index in [4.69, 9.17) is 10.00 Å². The van der Waals surface area contributed by atoms with Crippen LogP contribution in [0.15, 0.2) is 64.8 Å². The standard InChI is InChI=1S/C23H22N2O4S/c1-14(2)21(26)19-20(17-6-4-5-7-18(17)29-13-12-24)25(23(28)22(19)27)15-8-10-16(30-3)11-9-15/h4-11,14,20,27H,13H2,1-3H3. The largest absolute Gasteiger partial charge is 0.503 e. The van der Waals surface area contributed by atoms with Crippen LogP contribution in [0, 0.1) is 17.2 Å². The number of hydrogen-bond acceptors (Lipinski definition) is 6. The number of hydrogen-bond donors (Lipinski definition) is 1. The molecule has 6 nitrogen and oxygen atoms in total. The molecule has 2 aromatic rings. The fourth-order valence-corrected chi connectivity index (χ4v) is 3.83. The van der Waals surface area contributed by atoms with Gasteiger partial charge in [-0.3, -0.25) is 14.5 Å². The van der Waals surface area contributed by atoms with Crippen molar-refractivity contribution in [3.05, 3.63) is 65.4 Å². The molecule has 1 atom stereocenters. The number of ether oxygens (including phenoxy) is 1. The van der Waals surface area contributed by atoms with E-state index < -0.39 is 23.6 Å². The van der Waals surface area contributed by atoms with E-state index >= 15 is 0 Å². The van der Waals surface area contributed by atoms with Gasteiger partial charge in [-0.05, 0) is 36.6 Å². The number of rotatable bonds is 7. The Bertz CT molecular complexity index is 1040.